The van der Waals surface area contributed by atoms with Crippen LogP contribution in [0.25, 0.3) is 0 Å². The van der Waals surface area contributed by atoms with Gasteiger partial charge in [-0.1, -0.05) is 26.2 Å². The Balaban J connectivity index is 1.83. The third-order valence-electron chi connectivity index (χ3n) is 4.52. The van der Waals surface area contributed by atoms with Crippen LogP contribution in [-0.2, 0) is 9.59 Å². The summed E-state index contributed by atoms with van der Waals surface area (Å²) in [4.78, 5) is 25.5. The van der Waals surface area contributed by atoms with Crippen LogP contribution in [0.4, 0.5) is 0 Å². The summed E-state index contributed by atoms with van der Waals surface area (Å²) in [5, 5.41) is 2.74. The van der Waals surface area contributed by atoms with Gasteiger partial charge in [-0.2, -0.15) is 0 Å². The van der Waals surface area contributed by atoms with Crippen LogP contribution in [0, 0.1) is 11.8 Å². The molecule has 0 aromatic heterocycles. The zero-order valence-electron chi connectivity index (χ0n) is 12.2. The molecule has 1 aliphatic carbocycles. The van der Waals surface area contributed by atoms with Gasteiger partial charge in [-0.25, -0.2) is 0 Å². The number of nitrogens with one attached hydrogen (secondary N) is 1. The summed E-state index contributed by atoms with van der Waals surface area (Å²) >= 11 is 0. The van der Waals surface area contributed by atoms with Crippen molar-refractivity contribution in [3.63, 3.8) is 0 Å². The molecule has 2 aliphatic rings. The summed E-state index contributed by atoms with van der Waals surface area (Å²) in [7, 11) is 0. The topological polar surface area (TPSA) is 49.4 Å². The highest BCUT2D eigenvalue weighted by Crippen LogP contribution is 2.30. The number of amides is 2. The Morgan fingerprint density at radius 1 is 1.26 bits per heavy atom. The minimum atomic E-state index is -0.361. The van der Waals surface area contributed by atoms with E-state index in [2.05, 4.69) is 12.2 Å². The molecule has 0 spiro atoms. The zero-order valence-corrected chi connectivity index (χ0v) is 12.2. The number of carbonyl (C=O) groups excluding carboxylic acids is 2. The van der Waals surface area contributed by atoms with E-state index in [1.165, 1.54) is 25.7 Å². The highest BCUT2D eigenvalue weighted by molar-refractivity contribution is 5.89. The first-order chi connectivity index (χ1) is 9.06. The molecular formula is C15H26N2O2. The van der Waals surface area contributed by atoms with Gasteiger partial charge in [0, 0.05) is 19.5 Å². The van der Waals surface area contributed by atoms with Gasteiger partial charge in [0.15, 0.2) is 0 Å². The SMILES string of the molecule is CC1CCCC(CCN2CCC(=O)NC(C)C2=O)C1. The van der Waals surface area contributed by atoms with Crippen LogP contribution in [0.15, 0.2) is 0 Å². The molecule has 19 heavy (non-hydrogen) atoms. The third kappa shape index (κ3) is 3.95. The van der Waals surface area contributed by atoms with E-state index in [-0.39, 0.29) is 17.9 Å². The summed E-state index contributed by atoms with van der Waals surface area (Å²) in [6.07, 6.45) is 6.83. The van der Waals surface area contributed by atoms with Crippen molar-refractivity contribution in [1.82, 2.24) is 10.2 Å². The molecule has 1 N–H and O–H groups in total. The number of hydrogen-bond donors (Lipinski definition) is 1. The Hall–Kier alpha value is -1.06. The van der Waals surface area contributed by atoms with E-state index >= 15 is 0 Å². The predicted octanol–water partition coefficient (Wildman–Crippen LogP) is 1.94. The summed E-state index contributed by atoms with van der Waals surface area (Å²) in [6.45, 7) is 5.50. The van der Waals surface area contributed by atoms with Crippen LogP contribution in [0.2, 0.25) is 0 Å². The molecule has 1 aliphatic heterocycles. The molecule has 2 rings (SSSR count). The normalized spacial score (nSPS) is 32.9. The van der Waals surface area contributed by atoms with E-state index in [0.717, 1.165) is 24.8 Å². The van der Waals surface area contributed by atoms with Gasteiger partial charge in [-0.15, -0.1) is 0 Å². The lowest BCUT2D eigenvalue weighted by Gasteiger charge is -2.29. The van der Waals surface area contributed by atoms with Crippen LogP contribution in [0.5, 0.6) is 0 Å². The van der Waals surface area contributed by atoms with Crippen LogP contribution in [-0.4, -0.2) is 35.8 Å². The average molecular weight is 266 g/mol. The number of hydrogen-bond acceptors (Lipinski definition) is 2. The maximum Gasteiger partial charge on any atom is 0.244 e. The quantitative estimate of drug-likeness (QED) is 0.848. The Morgan fingerprint density at radius 2 is 2.05 bits per heavy atom. The van der Waals surface area contributed by atoms with Crippen LogP contribution >= 0.6 is 0 Å². The summed E-state index contributed by atoms with van der Waals surface area (Å²) in [5.74, 6) is 1.67. The van der Waals surface area contributed by atoms with Crippen molar-refractivity contribution in [3.8, 4) is 0 Å². The molecule has 1 heterocycles. The van der Waals surface area contributed by atoms with Crippen molar-refractivity contribution >= 4 is 11.8 Å². The largest absolute Gasteiger partial charge is 0.345 e. The molecule has 108 valence electrons. The van der Waals surface area contributed by atoms with Crippen LogP contribution in [0.3, 0.4) is 0 Å². The van der Waals surface area contributed by atoms with Crippen molar-refractivity contribution in [2.24, 2.45) is 11.8 Å². The van der Waals surface area contributed by atoms with Crippen molar-refractivity contribution in [2.45, 2.75) is 58.4 Å². The van der Waals surface area contributed by atoms with Gasteiger partial charge >= 0.3 is 0 Å². The lowest BCUT2D eigenvalue weighted by molar-refractivity contribution is -0.133. The number of rotatable bonds is 3. The van der Waals surface area contributed by atoms with E-state index in [0.29, 0.717) is 13.0 Å². The Morgan fingerprint density at radius 3 is 2.79 bits per heavy atom. The van der Waals surface area contributed by atoms with Gasteiger partial charge < -0.3 is 10.2 Å². The summed E-state index contributed by atoms with van der Waals surface area (Å²) < 4.78 is 0. The Bertz CT molecular complexity index is 343. The fourth-order valence-corrected chi connectivity index (χ4v) is 3.38. The van der Waals surface area contributed by atoms with Gasteiger partial charge in [-0.05, 0) is 31.6 Å². The van der Waals surface area contributed by atoms with Crippen molar-refractivity contribution in [3.05, 3.63) is 0 Å². The van der Waals surface area contributed by atoms with Crippen LogP contribution < -0.4 is 5.32 Å². The third-order valence-corrected chi connectivity index (χ3v) is 4.52. The molecule has 2 amide bonds. The van der Waals surface area contributed by atoms with Gasteiger partial charge in [0.1, 0.15) is 6.04 Å². The zero-order chi connectivity index (χ0) is 13.8. The molecule has 3 unspecified atom stereocenters. The lowest BCUT2D eigenvalue weighted by atomic mass is 9.81. The lowest BCUT2D eigenvalue weighted by Crippen LogP contribution is -2.43. The predicted molar refractivity (Wildman–Crippen MR) is 74.5 cm³/mol. The minimum absolute atomic E-state index is 0.00496. The fraction of sp³-hybridized carbons (Fsp3) is 0.867. The molecule has 0 aromatic carbocycles. The maximum absolute atomic E-state index is 12.1. The molecule has 0 radical (unpaired) electrons. The second-order valence-electron chi connectivity index (χ2n) is 6.29. The number of nitrogens with zero attached hydrogens (tertiary/aromatic N) is 1. The molecule has 0 aromatic rings. The standard InChI is InChI=1S/C15H26N2O2/c1-11-4-3-5-13(10-11)6-8-17-9-7-14(18)16-12(2)15(17)19/h11-13H,3-10H2,1-2H3,(H,16,18). The van der Waals surface area contributed by atoms with Crippen LogP contribution in [0.1, 0.15) is 52.4 Å². The van der Waals surface area contributed by atoms with Crippen molar-refractivity contribution in [1.29, 1.82) is 0 Å². The fourth-order valence-electron chi connectivity index (χ4n) is 3.38. The smallest absolute Gasteiger partial charge is 0.244 e. The number of carbonyl (C=O) groups is 2. The molecule has 2 fully saturated rings. The molecule has 4 heteroatoms. The van der Waals surface area contributed by atoms with Crippen molar-refractivity contribution < 1.29 is 9.59 Å². The molecule has 3 atom stereocenters. The second-order valence-corrected chi connectivity index (χ2v) is 6.29. The van der Waals surface area contributed by atoms with E-state index in [9.17, 15) is 9.59 Å². The van der Waals surface area contributed by atoms with E-state index in [1.54, 1.807) is 6.92 Å². The molecular weight excluding hydrogens is 240 g/mol. The average Bonchev–Trinajstić information content (AvgIpc) is 2.48. The Kier molecular flexibility index (Phi) is 4.83. The highest BCUT2D eigenvalue weighted by atomic mass is 16.2. The molecule has 0 bridgehead atoms. The van der Waals surface area contributed by atoms with Gasteiger partial charge in [0.2, 0.25) is 11.8 Å². The van der Waals surface area contributed by atoms with Gasteiger partial charge in [0.05, 0.1) is 0 Å². The van der Waals surface area contributed by atoms with Crippen molar-refractivity contribution in [2.75, 3.05) is 13.1 Å². The summed E-state index contributed by atoms with van der Waals surface area (Å²) in [6, 6.07) is -0.361. The van der Waals surface area contributed by atoms with E-state index in [4.69, 9.17) is 0 Å². The summed E-state index contributed by atoms with van der Waals surface area (Å²) in [5.41, 5.74) is 0. The molecule has 1 saturated heterocycles. The first-order valence-electron chi connectivity index (χ1n) is 7.64. The first kappa shape index (κ1) is 14.4. The second kappa shape index (κ2) is 6.40. The van der Waals surface area contributed by atoms with E-state index < -0.39 is 0 Å². The molecule has 1 saturated carbocycles. The van der Waals surface area contributed by atoms with E-state index in [1.807, 2.05) is 4.90 Å². The Labute approximate surface area is 115 Å². The minimum Gasteiger partial charge on any atom is -0.345 e. The monoisotopic (exact) mass is 266 g/mol. The van der Waals surface area contributed by atoms with Gasteiger partial charge in [-0.3, -0.25) is 9.59 Å². The highest BCUT2D eigenvalue weighted by Gasteiger charge is 2.27. The molecule has 4 nitrogen and oxygen atoms in total. The maximum atomic E-state index is 12.1. The van der Waals surface area contributed by atoms with Gasteiger partial charge in [0.25, 0.3) is 0 Å². The first-order valence-corrected chi connectivity index (χ1v) is 7.64.